The quantitative estimate of drug-likeness (QED) is 0.297. The molecule has 10 heavy (non-hydrogen) atoms. The van der Waals surface area contributed by atoms with Crippen molar-refractivity contribution < 1.29 is 14.5 Å². The van der Waals surface area contributed by atoms with Gasteiger partial charge in [0.05, 0.1) is 0 Å². The summed E-state index contributed by atoms with van der Waals surface area (Å²) in [6.07, 6.45) is 2.08. The second-order valence-corrected chi connectivity index (χ2v) is 2.82. The first-order valence-electron chi connectivity index (χ1n) is 3.54. The predicted octanol–water partition coefficient (Wildman–Crippen LogP) is 0.539. The standard InChI is InChI=1S/C6H12N2O2/c7-8(6(9)10)4-2-1-3-5-8/h1-5,7H2/p+1. The Balaban J connectivity index is 2.56. The Labute approximate surface area is 59.8 Å². The third kappa shape index (κ3) is 1.27. The van der Waals surface area contributed by atoms with Crippen LogP contribution in [0, 0.1) is 0 Å². The number of rotatable bonds is 0. The fourth-order valence-corrected chi connectivity index (χ4v) is 1.27. The summed E-state index contributed by atoms with van der Waals surface area (Å²) in [5, 5.41) is 8.64. The molecule has 0 radical (unpaired) electrons. The summed E-state index contributed by atoms with van der Waals surface area (Å²) >= 11 is 0. The normalized spacial score (nSPS) is 24.1. The number of carbonyl (C=O) groups is 1. The van der Waals surface area contributed by atoms with Crippen LogP contribution in [0.3, 0.4) is 0 Å². The van der Waals surface area contributed by atoms with E-state index in [2.05, 4.69) is 0 Å². The van der Waals surface area contributed by atoms with Crippen molar-refractivity contribution in [2.45, 2.75) is 19.3 Å². The molecule has 0 aromatic rings. The second-order valence-electron chi connectivity index (χ2n) is 2.82. The maximum atomic E-state index is 10.5. The highest BCUT2D eigenvalue weighted by atomic mass is 16.4. The maximum Gasteiger partial charge on any atom is 0.533 e. The lowest BCUT2D eigenvalue weighted by Crippen LogP contribution is -2.60. The lowest BCUT2D eigenvalue weighted by Gasteiger charge is -2.29. The molecule has 0 aliphatic carbocycles. The Morgan fingerprint density at radius 3 is 2.10 bits per heavy atom. The van der Waals surface area contributed by atoms with Crippen LogP contribution < -0.4 is 5.84 Å². The molecule has 4 heteroatoms. The molecule has 1 rings (SSSR count). The largest absolute Gasteiger partial charge is 0.533 e. The van der Waals surface area contributed by atoms with Crippen molar-refractivity contribution in [2.24, 2.45) is 5.84 Å². The van der Waals surface area contributed by atoms with Crippen LogP contribution in [0.2, 0.25) is 0 Å². The van der Waals surface area contributed by atoms with Gasteiger partial charge in [0.1, 0.15) is 13.1 Å². The molecule has 58 valence electrons. The van der Waals surface area contributed by atoms with E-state index in [1.807, 2.05) is 0 Å². The first-order valence-corrected chi connectivity index (χ1v) is 3.54. The minimum atomic E-state index is -0.903. The number of hydrogen-bond acceptors (Lipinski definition) is 2. The number of quaternary nitrogens is 1. The Bertz CT molecular complexity index is 141. The van der Waals surface area contributed by atoms with Crippen molar-refractivity contribution >= 4 is 6.09 Å². The Kier molecular flexibility index (Phi) is 1.92. The van der Waals surface area contributed by atoms with Crippen LogP contribution in [0.5, 0.6) is 0 Å². The first-order chi connectivity index (χ1) is 4.65. The predicted molar refractivity (Wildman–Crippen MR) is 36.1 cm³/mol. The summed E-state index contributed by atoms with van der Waals surface area (Å²) in [7, 11) is 0. The van der Waals surface area contributed by atoms with Gasteiger partial charge in [-0.25, -0.2) is 0 Å². The van der Waals surface area contributed by atoms with E-state index in [4.69, 9.17) is 10.9 Å². The monoisotopic (exact) mass is 145 g/mol. The van der Waals surface area contributed by atoms with E-state index < -0.39 is 6.09 Å². The van der Waals surface area contributed by atoms with Crippen molar-refractivity contribution in [1.29, 1.82) is 0 Å². The Morgan fingerprint density at radius 2 is 1.80 bits per heavy atom. The molecule has 3 N–H and O–H groups in total. The minimum Gasteiger partial charge on any atom is -0.434 e. The van der Waals surface area contributed by atoms with Gasteiger partial charge in [0.2, 0.25) is 0 Å². The highest BCUT2D eigenvalue weighted by molar-refractivity contribution is 5.56. The molecule has 1 heterocycles. The maximum absolute atomic E-state index is 10.5. The molecule has 1 aliphatic rings. The van der Waals surface area contributed by atoms with E-state index in [1.165, 1.54) is 0 Å². The fourth-order valence-electron chi connectivity index (χ4n) is 1.27. The first kappa shape index (κ1) is 7.50. The Morgan fingerprint density at radius 1 is 1.30 bits per heavy atom. The molecule has 1 saturated heterocycles. The van der Waals surface area contributed by atoms with Crippen LogP contribution in [0.1, 0.15) is 19.3 Å². The number of amides is 1. The van der Waals surface area contributed by atoms with Gasteiger partial charge in [-0.15, -0.1) is 4.59 Å². The molecular formula is C6H13N2O2+. The average molecular weight is 145 g/mol. The average Bonchev–Trinajstić information content (AvgIpc) is 1.89. The number of nitrogens with zero attached hydrogens (tertiary/aromatic N) is 1. The number of carboxylic acid groups (broad SMARTS) is 1. The summed E-state index contributed by atoms with van der Waals surface area (Å²) < 4.78 is -0.278. The van der Waals surface area contributed by atoms with Gasteiger partial charge in [0.25, 0.3) is 0 Å². The molecule has 4 nitrogen and oxygen atoms in total. The van der Waals surface area contributed by atoms with Crippen molar-refractivity contribution in [2.75, 3.05) is 13.1 Å². The number of hydrogen-bond donors (Lipinski definition) is 2. The second kappa shape index (κ2) is 2.56. The third-order valence-electron chi connectivity index (χ3n) is 2.00. The van der Waals surface area contributed by atoms with Crippen LogP contribution in [-0.4, -0.2) is 28.9 Å². The summed E-state index contributed by atoms with van der Waals surface area (Å²) in [6.45, 7) is 1.16. The lowest BCUT2D eigenvalue weighted by atomic mass is 10.1. The fraction of sp³-hybridized carbons (Fsp3) is 0.833. The van der Waals surface area contributed by atoms with Gasteiger partial charge in [-0.1, -0.05) is 0 Å². The molecule has 0 spiro atoms. The van der Waals surface area contributed by atoms with Gasteiger partial charge in [-0.3, -0.25) is 0 Å². The molecule has 0 aromatic heterocycles. The van der Waals surface area contributed by atoms with Crippen molar-refractivity contribution in [3.63, 3.8) is 0 Å². The minimum absolute atomic E-state index is 0.278. The van der Waals surface area contributed by atoms with Crippen LogP contribution in [0.25, 0.3) is 0 Å². The van der Waals surface area contributed by atoms with Crippen LogP contribution in [-0.2, 0) is 0 Å². The van der Waals surface area contributed by atoms with Crippen LogP contribution >= 0.6 is 0 Å². The van der Waals surface area contributed by atoms with Crippen molar-refractivity contribution in [3.05, 3.63) is 0 Å². The van der Waals surface area contributed by atoms with Gasteiger partial charge in [-0.05, 0) is 19.3 Å². The molecule has 0 atom stereocenters. The summed E-state index contributed by atoms with van der Waals surface area (Å²) in [6, 6.07) is 0. The molecule has 1 aliphatic heterocycles. The highest BCUT2D eigenvalue weighted by Crippen LogP contribution is 2.13. The lowest BCUT2D eigenvalue weighted by molar-refractivity contribution is -0.874. The molecule has 1 fully saturated rings. The number of nitrogens with two attached hydrogens (primary N) is 1. The van der Waals surface area contributed by atoms with E-state index in [1.54, 1.807) is 0 Å². The molecule has 1 amide bonds. The van der Waals surface area contributed by atoms with E-state index >= 15 is 0 Å². The van der Waals surface area contributed by atoms with E-state index in [0.29, 0.717) is 13.1 Å². The number of likely N-dealkylation sites (tertiary alicyclic amines) is 1. The molecule has 0 bridgehead atoms. The summed E-state index contributed by atoms with van der Waals surface area (Å²) in [4.78, 5) is 10.5. The van der Waals surface area contributed by atoms with Crippen molar-refractivity contribution in [3.8, 4) is 0 Å². The molecule has 0 saturated carbocycles. The van der Waals surface area contributed by atoms with Gasteiger partial charge in [0, 0.05) is 0 Å². The van der Waals surface area contributed by atoms with Crippen molar-refractivity contribution in [1.82, 2.24) is 0 Å². The zero-order valence-corrected chi connectivity index (χ0v) is 5.92. The van der Waals surface area contributed by atoms with Gasteiger partial charge in [-0.2, -0.15) is 10.6 Å². The smallest absolute Gasteiger partial charge is 0.434 e. The topological polar surface area (TPSA) is 63.3 Å². The van der Waals surface area contributed by atoms with E-state index in [-0.39, 0.29) is 4.59 Å². The molecule has 0 aromatic carbocycles. The highest BCUT2D eigenvalue weighted by Gasteiger charge is 2.34. The van der Waals surface area contributed by atoms with Crippen LogP contribution in [0.15, 0.2) is 0 Å². The van der Waals surface area contributed by atoms with Gasteiger partial charge in [0.15, 0.2) is 0 Å². The molecule has 0 unspecified atom stereocenters. The van der Waals surface area contributed by atoms with E-state index in [9.17, 15) is 4.79 Å². The Hall–Kier alpha value is -0.610. The number of piperidine rings is 1. The molecular weight excluding hydrogens is 132 g/mol. The zero-order valence-electron chi connectivity index (χ0n) is 5.92. The third-order valence-corrected chi connectivity index (χ3v) is 2.00. The zero-order chi connectivity index (χ0) is 7.61. The van der Waals surface area contributed by atoms with Gasteiger partial charge >= 0.3 is 6.09 Å². The van der Waals surface area contributed by atoms with Gasteiger partial charge < -0.3 is 5.11 Å². The SMILES string of the molecule is N[N+]1(C(=O)O)CCCCC1. The van der Waals surface area contributed by atoms with Crippen LogP contribution in [0.4, 0.5) is 4.79 Å². The van der Waals surface area contributed by atoms with E-state index in [0.717, 1.165) is 19.3 Å². The summed E-state index contributed by atoms with van der Waals surface area (Å²) in [5.41, 5.74) is 0. The summed E-state index contributed by atoms with van der Waals surface area (Å²) in [5.74, 6) is 5.54.